The molecule has 2 rings (SSSR count). The van der Waals surface area contributed by atoms with E-state index in [4.69, 9.17) is 11.5 Å². The van der Waals surface area contributed by atoms with Gasteiger partial charge in [0.15, 0.2) is 0 Å². The quantitative estimate of drug-likeness (QED) is 0.746. The normalized spacial score (nSPS) is 10.7. The van der Waals surface area contributed by atoms with E-state index in [2.05, 4.69) is 38.1 Å². The first kappa shape index (κ1) is 12.5. The maximum atomic E-state index is 6.20. The van der Waals surface area contributed by atoms with Gasteiger partial charge in [0.25, 0.3) is 0 Å². The largest absolute Gasteiger partial charge is 0.398 e. The average molecular weight is 240 g/mol. The van der Waals surface area contributed by atoms with E-state index in [0.717, 1.165) is 33.6 Å². The number of aryl methyl sites for hydroxylation is 4. The van der Waals surface area contributed by atoms with Gasteiger partial charge >= 0.3 is 0 Å². The Morgan fingerprint density at radius 3 is 1.28 bits per heavy atom. The molecule has 0 unspecified atom stereocenters. The third kappa shape index (κ3) is 2.06. The molecule has 4 N–H and O–H groups in total. The van der Waals surface area contributed by atoms with Crippen molar-refractivity contribution >= 4 is 11.4 Å². The molecule has 0 spiro atoms. The molecule has 0 aromatic heterocycles. The van der Waals surface area contributed by atoms with Crippen LogP contribution in [0, 0.1) is 27.7 Å². The summed E-state index contributed by atoms with van der Waals surface area (Å²) in [6.45, 7) is 8.22. The molecule has 2 nitrogen and oxygen atoms in total. The van der Waals surface area contributed by atoms with Crippen molar-refractivity contribution < 1.29 is 0 Å². The lowest BCUT2D eigenvalue weighted by Crippen LogP contribution is -2.00. The smallest absolute Gasteiger partial charge is 0.0424 e. The van der Waals surface area contributed by atoms with Gasteiger partial charge in [-0.25, -0.2) is 0 Å². The second-order valence-corrected chi connectivity index (χ2v) is 5.09. The van der Waals surface area contributed by atoms with Gasteiger partial charge in [-0.2, -0.15) is 0 Å². The molecule has 2 heteroatoms. The predicted octanol–water partition coefficient (Wildman–Crippen LogP) is 3.75. The molecular formula is C16H20N2. The second-order valence-electron chi connectivity index (χ2n) is 5.09. The molecule has 0 bridgehead atoms. The SMILES string of the molecule is Cc1cc(C)c(N)c(-c2cc(C)cc(C)c2N)c1. The van der Waals surface area contributed by atoms with Crippen molar-refractivity contribution in [3.05, 3.63) is 46.5 Å². The highest BCUT2D eigenvalue weighted by molar-refractivity contribution is 5.87. The van der Waals surface area contributed by atoms with Crippen molar-refractivity contribution in [1.82, 2.24) is 0 Å². The molecule has 2 aromatic rings. The lowest BCUT2D eigenvalue weighted by atomic mass is 9.94. The van der Waals surface area contributed by atoms with Crippen LogP contribution in [-0.4, -0.2) is 0 Å². The fourth-order valence-electron chi connectivity index (χ4n) is 2.40. The zero-order valence-electron chi connectivity index (χ0n) is 11.5. The Labute approximate surface area is 109 Å². The molecular weight excluding hydrogens is 220 g/mol. The fraction of sp³-hybridized carbons (Fsp3) is 0.250. The first-order valence-corrected chi connectivity index (χ1v) is 6.14. The molecule has 2 aromatic carbocycles. The maximum Gasteiger partial charge on any atom is 0.0424 e. The first-order chi connectivity index (χ1) is 8.40. The van der Waals surface area contributed by atoms with Gasteiger partial charge in [-0.05, 0) is 51.0 Å². The summed E-state index contributed by atoms with van der Waals surface area (Å²) in [5, 5.41) is 0. The van der Waals surface area contributed by atoms with Crippen LogP contribution in [0.5, 0.6) is 0 Å². The van der Waals surface area contributed by atoms with Crippen LogP contribution in [0.3, 0.4) is 0 Å². The Balaban J connectivity index is 2.77. The molecule has 0 saturated carbocycles. The Morgan fingerprint density at radius 2 is 0.944 bits per heavy atom. The van der Waals surface area contributed by atoms with Crippen molar-refractivity contribution in [2.75, 3.05) is 11.5 Å². The number of hydrogen-bond donors (Lipinski definition) is 2. The molecule has 0 fully saturated rings. The summed E-state index contributed by atoms with van der Waals surface area (Å²) in [7, 11) is 0. The van der Waals surface area contributed by atoms with Gasteiger partial charge in [0, 0.05) is 22.5 Å². The summed E-state index contributed by atoms with van der Waals surface area (Å²) in [5.41, 5.74) is 20.7. The number of benzene rings is 2. The maximum absolute atomic E-state index is 6.20. The highest BCUT2D eigenvalue weighted by atomic mass is 14.6. The summed E-state index contributed by atoms with van der Waals surface area (Å²) in [6, 6.07) is 8.40. The van der Waals surface area contributed by atoms with Crippen LogP contribution >= 0.6 is 0 Å². The minimum Gasteiger partial charge on any atom is -0.398 e. The van der Waals surface area contributed by atoms with Crippen molar-refractivity contribution in [1.29, 1.82) is 0 Å². The van der Waals surface area contributed by atoms with Crippen LogP contribution < -0.4 is 11.5 Å². The molecule has 0 aliphatic heterocycles. The average Bonchev–Trinajstić information content (AvgIpc) is 2.28. The Morgan fingerprint density at radius 1 is 0.611 bits per heavy atom. The molecule has 0 radical (unpaired) electrons. The number of nitrogens with two attached hydrogens (primary N) is 2. The van der Waals surface area contributed by atoms with Crippen molar-refractivity contribution in [2.24, 2.45) is 0 Å². The molecule has 0 heterocycles. The van der Waals surface area contributed by atoms with E-state index in [9.17, 15) is 0 Å². The monoisotopic (exact) mass is 240 g/mol. The Bertz CT molecular complexity index is 557. The van der Waals surface area contributed by atoms with E-state index in [1.165, 1.54) is 11.1 Å². The van der Waals surface area contributed by atoms with Gasteiger partial charge in [0.1, 0.15) is 0 Å². The predicted molar refractivity (Wildman–Crippen MR) is 79.7 cm³/mol. The third-order valence-corrected chi connectivity index (χ3v) is 3.35. The zero-order chi connectivity index (χ0) is 13.4. The molecule has 0 amide bonds. The fourth-order valence-corrected chi connectivity index (χ4v) is 2.40. The van der Waals surface area contributed by atoms with Crippen LogP contribution in [0.2, 0.25) is 0 Å². The topological polar surface area (TPSA) is 52.0 Å². The first-order valence-electron chi connectivity index (χ1n) is 6.14. The number of nitrogen functional groups attached to an aromatic ring is 2. The molecule has 0 saturated heterocycles. The lowest BCUT2D eigenvalue weighted by molar-refractivity contribution is 1.36. The number of hydrogen-bond acceptors (Lipinski definition) is 2. The highest BCUT2D eigenvalue weighted by Gasteiger charge is 2.11. The van der Waals surface area contributed by atoms with E-state index in [1.54, 1.807) is 0 Å². The third-order valence-electron chi connectivity index (χ3n) is 3.35. The Hall–Kier alpha value is -1.96. The standard InChI is InChI=1S/C16H20N2/c1-9-5-11(3)15(17)13(7-9)14-8-10(2)6-12(4)16(14)18/h5-8H,17-18H2,1-4H3. The van der Waals surface area contributed by atoms with Crippen molar-refractivity contribution in [3.63, 3.8) is 0 Å². The summed E-state index contributed by atoms with van der Waals surface area (Å²) in [6.07, 6.45) is 0. The van der Waals surface area contributed by atoms with Gasteiger partial charge in [-0.1, -0.05) is 23.3 Å². The minimum absolute atomic E-state index is 0.817. The van der Waals surface area contributed by atoms with E-state index in [1.807, 2.05) is 13.8 Å². The molecule has 18 heavy (non-hydrogen) atoms. The highest BCUT2D eigenvalue weighted by Crippen LogP contribution is 2.35. The molecule has 0 aliphatic carbocycles. The van der Waals surface area contributed by atoms with E-state index < -0.39 is 0 Å². The van der Waals surface area contributed by atoms with E-state index in [-0.39, 0.29) is 0 Å². The van der Waals surface area contributed by atoms with Crippen LogP contribution in [0.1, 0.15) is 22.3 Å². The van der Waals surface area contributed by atoms with Crippen molar-refractivity contribution in [2.45, 2.75) is 27.7 Å². The van der Waals surface area contributed by atoms with Gasteiger partial charge in [0.2, 0.25) is 0 Å². The molecule has 94 valence electrons. The summed E-state index contributed by atoms with van der Waals surface area (Å²) in [4.78, 5) is 0. The second kappa shape index (κ2) is 4.37. The van der Waals surface area contributed by atoms with Crippen molar-refractivity contribution in [3.8, 4) is 11.1 Å². The van der Waals surface area contributed by atoms with Crippen LogP contribution in [-0.2, 0) is 0 Å². The van der Waals surface area contributed by atoms with Crippen LogP contribution in [0.15, 0.2) is 24.3 Å². The van der Waals surface area contributed by atoms with E-state index in [0.29, 0.717) is 0 Å². The summed E-state index contributed by atoms with van der Waals surface area (Å²) < 4.78 is 0. The number of rotatable bonds is 1. The van der Waals surface area contributed by atoms with Crippen LogP contribution in [0.4, 0.5) is 11.4 Å². The Kier molecular flexibility index (Phi) is 3.04. The zero-order valence-corrected chi connectivity index (χ0v) is 11.5. The van der Waals surface area contributed by atoms with E-state index >= 15 is 0 Å². The van der Waals surface area contributed by atoms with Gasteiger partial charge in [-0.3, -0.25) is 0 Å². The number of anilines is 2. The summed E-state index contributed by atoms with van der Waals surface area (Å²) >= 11 is 0. The van der Waals surface area contributed by atoms with Gasteiger partial charge in [0.05, 0.1) is 0 Å². The summed E-state index contributed by atoms with van der Waals surface area (Å²) in [5.74, 6) is 0. The minimum atomic E-state index is 0.817. The van der Waals surface area contributed by atoms with Crippen LogP contribution in [0.25, 0.3) is 11.1 Å². The van der Waals surface area contributed by atoms with Gasteiger partial charge < -0.3 is 11.5 Å². The molecule has 0 aliphatic rings. The lowest BCUT2D eigenvalue weighted by Gasteiger charge is -2.15. The molecule has 0 atom stereocenters. The van der Waals surface area contributed by atoms with Gasteiger partial charge in [-0.15, -0.1) is 0 Å².